The van der Waals surface area contributed by atoms with Crippen LogP contribution < -0.4 is 5.32 Å². The lowest BCUT2D eigenvalue weighted by atomic mass is 9.98. The largest absolute Gasteiger partial charge is 0.487 e. The van der Waals surface area contributed by atoms with Crippen molar-refractivity contribution in [1.82, 2.24) is 9.80 Å². The Kier molecular flexibility index (Phi) is 6.94. The summed E-state index contributed by atoms with van der Waals surface area (Å²) in [5.74, 6) is -0.0648. The molecule has 2 aromatic rings. The highest BCUT2D eigenvalue weighted by atomic mass is 19.1. The van der Waals surface area contributed by atoms with Crippen molar-refractivity contribution in [3.8, 4) is 0 Å². The minimum Gasteiger partial charge on any atom is -0.487 e. The molecule has 1 amide bonds. The van der Waals surface area contributed by atoms with Crippen LogP contribution in [0, 0.1) is 5.82 Å². The Labute approximate surface area is 200 Å². The van der Waals surface area contributed by atoms with Crippen LogP contribution in [0.5, 0.6) is 0 Å². The van der Waals surface area contributed by atoms with Gasteiger partial charge in [0.2, 0.25) is 0 Å². The summed E-state index contributed by atoms with van der Waals surface area (Å²) in [6.45, 7) is 10.7. The number of hydrogen-bond acceptors (Lipinski definition) is 5. The molecule has 7 heteroatoms. The van der Waals surface area contributed by atoms with E-state index in [0.29, 0.717) is 29.2 Å². The van der Waals surface area contributed by atoms with E-state index in [1.165, 1.54) is 17.7 Å². The molecule has 0 aromatic heterocycles. The summed E-state index contributed by atoms with van der Waals surface area (Å²) in [4.78, 5) is 17.6. The molecule has 1 N–H and O–H groups in total. The van der Waals surface area contributed by atoms with Crippen LogP contribution in [-0.4, -0.2) is 68.2 Å². The highest BCUT2D eigenvalue weighted by molar-refractivity contribution is 6.36. The first kappa shape index (κ1) is 23.0. The normalized spacial score (nSPS) is 20.2. The highest BCUT2D eigenvalue weighted by Gasteiger charge is 2.32. The number of anilines is 1. The van der Waals surface area contributed by atoms with Crippen LogP contribution in [0.1, 0.15) is 35.6 Å². The van der Waals surface area contributed by atoms with Crippen molar-refractivity contribution in [3.05, 3.63) is 64.5 Å². The van der Waals surface area contributed by atoms with E-state index in [9.17, 15) is 9.18 Å². The minimum absolute atomic E-state index is 0.245. The van der Waals surface area contributed by atoms with E-state index in [-0.39, 0.29) is 11.7 Å². The number of piperazine rings is 1. The molecule has 0 bridgehead atoms. The van der Waals surface area contributed by atoms with Crippen LogP contribution in [0.25, 0.3) is 11.3 Å². The summed E-state index contributed by atoms with van der Waals surface area (Å²) in [5.41, 5.74) is 4.90. The summed E-state index contributed by atoms with van der Waals surface area (Å²) in [5, 5.41) is 2.81. The fourth-order valence-corrected chi connectivity index (χ4v) is 5.02. The Hall–Kier alpha value is -2.74. The Bertz CT molecular complexity index is 1090. The second kappa shape index (κ2) is 10.3. The van der Waals surface area contributed by atoms with E-state index >= 15 is 0 Å². The second-order valence-corrected chi connectivity index (χ2v) is 9.11. The van der Waals surface area contributed by atoms with Crippen LogP contribution in [0.2, 0.25) is 0 Å². The minimum atomic E-state index is -0.367. The van der Waals surface area contributed by atoms with Gasteiger partial charge in [0.05, 0.1) is 12.2 Å². The van der Waals surface area contributed by atoms with Crippen molar-refractivity contribution < 1.29 is 18.7 Å². The van der Waals surface area contributed by atoms with Crippen LogP contribution in [0.4, 0.5) is 10.1 Å². The van der Waals surface area contributed by atoms with Gasteiger partial charge in [-0.25, -0.2) is 4.39 Å². The number of amides is 1. The number of benzene rings is 2. The van der Waals surface area contributed by atoms with E-state index in [2.05, 4.69) is 27.2 Å². The van der Waals surface area contributed by atoms with Gasteiger partial charge in [0.15, 0.2) is 0 Å². The van der Waals surface area contributed by atoms with Gasteiger partial charge in [0.1, 0.15) is 18.2 Å². The van der Waals surface area contributed by atoms with Crippen molar-refractivity contribution in [3.63, 3.8) is 0 Å². The number of fused-ring (bicyclic) bond motifs is 2. The van der Waals surface area contributed by atoms with Crippen LogP contribution >= 0.6 is 0 Å². The Morgan fingerprint density at radius 2 is 1.82 bits per heavy atom. The van der Waals surface area contributed by atoms with Gasteiger partial charge in [-0.05, 0) is 50.1 Å². The van der Waals surface area contributed by atoms with E-state index in [1.807, 2.05) is 13.0 Å². The van der Waals surface area contributed by atoms with Gasteiger partial charge in [0.25, 0.3) is 5.91 Å². The standard InChI is InChI=1S/C27H32FN3O3/c1-2-33-15-14-31-12-10-30(11-13-31)9-3-4-19-5-7-22-20(16-19)18-34-26(22)25-23-17-21(28)6-8-24(23)29-27(25)32/h5-8,16-17H,2-4,9-15,18H2,1H3,(H,29,32)/b26-25+. The Morgan fingerprint density at radius 1 is 1.03 bits per heavy atom. The third-order valence-electron chi connectivity index (χ3n) is 6.90. The third kappa shape index (κ3) is 4.87. The zero-order chi connectivity index (χ0) is 23.5. The van der Waals surface area contributed by atoms with Gasteiger partial charge >= 0.3 is 0 Å². The lowest BCUT2D eigenvalue weighted by molar-refractivity contribution is -0.110. The number of carbonyl (C=O) groups is 1. The topological polar surface area (TPSA) is 54.0 Å². The van der Waals surface area contributed by atoms with Crippen LogP contribution in [0.15, 0.2) is 36.4 Å². The van der Waals surface area contributed by atoms with Crippen molar-refractivity contribution in [2.75, 3.05) is 57.8 Å². The predicted molar refractivity (Wildman–Crippen MR) is 131 cm³/mol. The molecular weight excluding hydrogens is 433 g/mol. The van der Waals surface area contributed by atoms with Gasteiger partial charge in [-0.15, -0.1) is 0 Å². The van der Waals surface area contributed by atoms with Crippen molar-refractivity contribution >= 4 is 22.9 Å². The van der Waals surface area contributed by atoms with Gasteiger partial charge in [-0.2, -0.15) is 0 Å². The zero-order valence-electron chi connectivity index (χ0n) is 19.7. The second-order valence-electron chi connectivity index (χ2n) is 9.11. The fraction of sp³-hybridized carbons (Fsp3) is 0.444. The summed E-state index contributed by atoms with van der Waals surface area (Å²) in [7, 11) is 0. The molecule has 0 atom stereocenters. The summed E-state index contributed by atoms with van der Waals surface area (Å²) >= 11 is 0. The van der Waals surface area contributed by atoms with Crippen LogP contribution in [0.3, 0.4) is 0 Å². The quantitative estimate of drug-likeness (QED) is 0.475. The number of aryl methyl sites for hydroxylation is 1. The molecule has 180 valence electrons. The van der Waals surface area contributed by atoms with Crippen molar-refractivity contribution in [2.24, 2.45) is 0 Å². The number of halogens is 1. The maximum atomic E-state index is 13.8. The van der Waals surface area contributed by atoms with Crippen LogP contribution in [-0.2, 0) is 27.3 Å². The molecule has 1 saturated heterocycles. The zero-order valence-corrected chi connectivity index (χ0v) is 19.7. The molecule has 5 rings (SSSR count). The number of ether oxygens (including phenoxy) is 2. The number of hydrogen-bond donors (Lipinski definition) is 1. The van der Waals surface area contributed by atoms with E-state index in [0.717, 1.165) is 76.5 Å². The molecular formula is C27H32FN3O3. The third-order valence-corrected chi connectivity index (χ3v) is 6.90. The van der Waals surface area contributed by atoms with Crippen molar-refractivity contribution in [2.45, 2.75) is 26.4 Å². The molecule has 3 heterocycles. The number of rotatable bonds is 8. The average Bonchev–Trinajstić information content (AvgIpc) is 3.39. The van der Waals surface area contributed by atoms with E-state index < -0.39 is 0 Å². The smallest absolute Gasteiger partial charge is 0.260 e. The highest BCUT2D eigenvalue weighted by Crippen LogP contribution is 2.42. The molecule has 0 unspecified atom stereocenters. The van der Waals surface area contributed by atoms with E-state index in [1.54, 1.807) is 6.07 Å². The number of nitrogens with zero attached hydrogens (tertiary/aromatic N) is 2. The maximum Gasteiger partial charge on any atom is 0.260 e. The molecule has 6 nitrogen and oxygen atoms in total. The summed E-state index contributed by atoms with van der Waals surface area (Å²) in [6.07, 6.45) is 2.12. The lowest BCUT2D eigenvalue weighted by Crippen LogP contribution is -2.47. The van der Waals surface area contributed by atoms with Gasteiger partial charge in [-0.1, -0.05) is 18.2 Å². The van der Waals surface area contributed by atoms with Gasteiger partial charge < -0.3 is 19.7 Å². The lowest BCUT2D eigenvalue weighted by Gasteiger charge is -2.34. The van der Waals surface area contributed by atoms with Gasteiger partial charge in [0, 0.05) is 61.7 Å². The number of nitrogens with one attached hydrogen (secondary N) is 1. The molecule has 0 radical (unpaired) electrons. The fourth-order valence-electron chi connectivity index (χ4n) is 5.02. The summed E-state index contributed by atoms with van der Waals surface area (Å²) in [6, 6.07) is 10.7. The monoisotopic (exact) mass is 465 g/mol. The molecule has 2 aromatic carbocycles. The molecule has 3 aliphatic heterocycles. The molecule has 1 fully saturated rings. The molecule has 3 aliphatic rings. The SMILES string of the molecule is CCOCCN1CCN(CCCc2ccc3c(c2)CO/C3=C2/C(=O)Nc3ccc(F)cc32)CC1. The predicted octanol–water partition coefficient (Wildman–Crippen LogP) is 3.76. The Morgan fingerprint density at radius 3 is 2.62 bits per heavy atom. The Balaban J connectivity index is 1.18. The number of carbonyl (C=O) groups excluding carboxylic acids is 1. The molecule has 0 saturated carbocycles. The first-order valence-corrected chi connectivity index (χ1v) is 12.3. The molecule has 0 spiro atoms. The maximum absolute atomic E-state index is 13.8. The van der Waals surface area contributed by atoms with E-state index in [4.69, 9.17) is 9.47 Å². The first-order chi connectivity index (χ1) is 16.6. The first-order valence-electron chi connectivity index (χ1n) is 12.3. The molecule has 0 aliphatic carbocycles. The average molecular weight is 466 g/mol. The molecule has 34 heavy (non-hydrogen) atoms. The summed E-state index contributed by atoms with van der Waals surface area (Å²) < 4.78 is 25.2. The van der Waals surface area contributed by atoms with Crippen molar-refractivity contribution in [1.29, 1.82) is 0 Å². The van der Waals surface area contributed by atoms with Gasteiger partial charge in [-0.3, -0.25) is 9.69 Å².